The van der Waals surface area contributed by atoms with E-state index in [1.54, 1.807) is 0 Å². The van der Waals surface area contributed by atoms with Crippen LogP contribution < -0.4 is 11.3 Å². The van der Waals surface area contributed by atoms with Crippen LogP contribution in [-0.4, -0.2) is 12.2 Å². The molecule has 3 heteroatoms. The fourth-order valence-corrected chi connectivity index (χ4v) is 4.18. The first kappa shape index (κ1) is 15.0. The molecule has 1 aromatic carbocycles. The number of benzene rings is 1. The summed E-state index contributed by atoms with van der Waals surface area (Å²) in [5.74, 6) is 6.48. The summed E-state index contributed by atoms with van der Waals surface area (Å²) < 4.78 is 6.16. The second-order valence-corrected chi connectivity index (χ2v) is 6.73. The van der Waals surface area contributed by atoms with Crippen LogP contribution in [-0.2, 0) is 11.2 Å². The smallest absolute Gasteiger partial charge is 0.0686 e. The Kier molecular flexibility index (Phi) is 4.63. The predicted molar refractivity (Wildman–Crippen MR) is 85.8 cm³/mol. The van der Waals surface area contributed by atoms with Gasteiger partial charge in [0.2, 0.25) is 0 Å². The van der Waals surface area contributed by atoms with Crippen molar-refractivity contribution in [3.8, 4) is 0 Å². The van der Waals surface area contributed by atoms with E-state index in [0.29, 0.717) is 5.92 Å². The number of aryl methyl sites for hydroxylation is 1. The molecule has 0 bridgehead atoms. The van der Waals surface area contributed by atoms with Gasteiger partial charge in [0.25, 0.3) is 0 Å². The Morgan fingerprint density at radius 1 is 1.29 bits per heavy atom. The van der Waals surface area contributed by atoms with E-state index in [2.05, 4.69) is 36.6 Å². The van der Waals surface area contributed by atoms with Gasteiger partial charge in [-0.25, -0.2) is 0 Å². The summed E-state index contributed by atoms with van der Waals surface area (Å²) in [5, 5.41) is 0. The lowest BCUT2D eigenvalue weighted by Crippen LogP contribution is -2.43. The van der Waals surface area contributed by atoms with E-state index in [9.17, 15) is 0 Å². The molecule has 1 spiro atoms. The van der Waals surface area contributed by atoms with Crippen molar-refractivity contribution < 1.29 is 4.74 Å². The van der Waals surface area contributed by atoms with Gasteiger partial charge in [-0.1, -0.05) is 44.0 Å². The molecule has 2 atom stereocenters. The fraction of sp³-hybridized carbons (Fsp3) is 0.667. The Labute approximate surface area is 128 Å². The SMILES string of the molecule is CCc1ccc(C(NN)C2CCOC3(CCCC3)C2)cc1. The van der Waals surface area contributed by atoms with Crippen LogP contribution in [0.2, 0.25) is 0 Å². The molecule has 21 heavy (non-hydrogen) atoms. The quantitative estimate of drug-likeness (QED) is 0.658. The number of hydrogen-bond donors (Lipinski definition) is 2. The van der Waals surface area contributed by atoms with Crippen molar-refractivity contribution in [3.63, 3.8) is 0 Å². The van der Waals surface area contributed by atoms with Gasteiger partial charge in [-0.2, -0.15) is 0 Å². The van der Waals surface area contributed by atoms with Crippen molar-refractivity contribution in [1.29, 1.82) is 0 Å². The lowest BCUT2D eigenvalue weighted by atomic mass is 9.78. The first-order chi connectivity index (χ1) is 10.3. The zero-order valence-electron chi connectivity index (χ0n) is 13.1. The van der Waals surface area contributed by atoms with Crippen molar-refractivity contribution in [1.82, 2.24) is 5.43 Å². The summed E-state index contributed by atoms with van der Waals surface area (Å²) in [4.78, 5) is 0. The lowest BCUT2D eigenvalue weighted by Gasteiger charge is -2.41. The van der Waals surface area contributed by atoms with Gasteiger partial charge >= 0.3 is 0 Å². The molecule has 1 heterocycles. The molecule has 1 aliphatic carbocycles. The van der Waals surface area contributed by atoms with Crippen molar-refractivity contribution in [2.24, 2.45) is 11.8 Å². The van der Waals surface area contributed by atoms with E-state index in [1.807, 2.05) is 0 Å². The van der Waals surface area contributed by atoms with Crippen molar-refractivity contribution in [2.45, 2.75) is 63.5 Å². The van der Waals surface area contributed by atoms with Gasteiger partial charge in [0.05, 0.1) is 5.60 Å². The molecule has 3 rings (SSSR count). The Bertz CT molecular complexity index is 451. The molecular weight excluding hydrogens is 260 g/mol. The van der Waals surface area contributed by atoms with Crippen LogP contribution in [0.4, 0.5) is 0 Å². The summed E-state index contributed by atoms with van der Waals surface area (Å²) in [5.41, 5.74) is 5.93. The van der Waals surface area contributed by atoms with Gasteiger partial charge in [-0.3, -0.25) is 11.3 Å². The predicted octanol–water partition coefficient (Wildman–Crippen LogP) is 3.49. The number of hydrogen-bond acceptors (Lipinski definition) is 3. The molecule has 0 radical (unpaired) electrons. The normalized spacial score (nSPS) is 26.1. The molecule has 2 unspecified atom stereocenters. The third-order valence-electron chi connectivity index (χ3n) is 5.44. The van der Waals surface area contributed by atoms with E-state index < -0.39 is 0 Å². The highest BCUT2D eigenvalue weighted by Gasteiger charge is 2.42. The average molecular weight is 288 g/mol. The highest BCUT2D eigenvalue weighted by molar-refractivity contribution is 5.25. The second-order valence-electron chi connectivity index (χ2n) is 6.73. The minimum atomic E-state index is 0.154. The van der Waals surface area contributed by atoms with E-state index in [0.717, 1.165) is 25.9 Å². The minimum absolute atomic E-state index is 0.154. The average Bonchev–Trinajstić information content (AvgIpc) is 2.96. The topological polar surface area (TPSA) is 47.3 Å². The first-order valence-corrected chi connectivity index (χ1v) is 8.45. The molecule has 2 aliphatic rings. The Hall–Kier alpha value is -0.900. The van der Waals surface area contributed by atoms with E-state index in [-0.39, 0.29) is 11.6 Å². The number of ether oxygens (including phenoxy) is 1. The van der Waals surface area contributed by atoms with Crippen LogP contribution in [0.25, 0.3) is 0 Å². The molecular formula is C18H28N2O. The lowest BCUT2D eigenvalue weighted by molar-refractivity contribution is -0.0982. The van der Waals surface area contributed by atoms with Gasteiger partial charge < -0.3 is 4.74 Å². The number of nitrogens with two attached hydrogens (primary N) is 1. The van der Waals surface area contributed by atoms with Crippen molar-refractivity contribution in [2.75, 3.05) is 6.61 Å². The first-order valence-electron chi connectivity index (χ1n) is 8.45. The zero-order chi connectivity index (χ0) is 14.7. The minimum Gasteiger partial charge on any atom is -0.375 e. The molecule has 3 N–H and O–H groups in total. The maximum atomic E-state index is 6.16. The summed E-state index contributed by atoms with van der Waals surface area (Å²) in [6, 6.07) is 9.17. The van der Waals surface area contributed by atoms with Crippen LogP contribution in [0, 0.1) is 5.92 Å². The standard InChI is InChI=1S/C18H28N2O/c1-2-14-5-7-15(8-6-14)17(20-19)16-9-12-21-18(13-16)10-3-4-11-18/h5-8,16-17,20H,2-4,9-13,19H2,1H3. The largest absolute Gasteiger partial charge is 0.375 e. The Morgan fingerprint density at radius 2 is 2.00 bits per heavy atom. The van der Waals surface area contributed by atoms with Crippen LogP contribution in [0.1, 0.15) is 62.6 Å². The van der Waals surface area contributed by atoms with Crippen LogP contribution >= 0.6 is 0 Å². The Morgan fingerprint density at radius 3 is 2.62 bits per heavy atom. The van der Waals surface area contributed by atoms with Gasteiger partial charge in [0, 0.05) is 12.6 Å². The maximum absolute atomic E-state index is 6.16. The molecule has 0 amide bonds. The maximum Gasteiger partial charge on any atom is 0.0686 e. The zero-order valence-corrected chi connectivity index (χ0v) is 13.1. The molecule has 1 saturated carbocycles. The fourth-order valence-electron chi connectivity index (χ4n) is 4.18. The van der Waals surface area contributed by atoms with Crippen LogP contribution in [0.15, 0.2) is 24.3 Å². The van der Waals surface area contributed by atoms with Gasteiger partial charge in [0.15, 0.2) is 0 Å². The summed E-state index contributed by atoms with van der Waals surface area (Å²) in [6.07, 6.45) is 8.44. The highest BCUT2D eigenvalue weighted by atomic mass is 16.5. The van der Waals surface area contributed by atoms with Gasteiger partial charge in [-0.15, -0.1) is 0 Å². The molecule has 3 nitrogen and oxygen atoms in total. The van der Waals surface area contributed by atoms with E-state index >= 15 is 0 Å². The summed E-state index contributed by atoms with van der Waals surface area (Å²) in [7, 11) is 0. The second kappa shape index (κ2) is 6.47. The van der Waals surface area contributed by atoms with Crippen molar-refractivity contribution >= 4 is 0 Å². The molecule has 0 aromatic heterocycles. The summed E-state index contributed by atoms with van der Waals surface area (Å²) in [6.45, 7) is 3.08. The van der Waals surface area contributed by atoms with E-state index in [1.165, 1.54) is 36.8 Å². The summed E-state index contributed by atoms with van der Waals surface area (Å²) >= 11 is 0. The Balaban J connectivity index is 1.75. The van der Waals surface area contributed by atoms with E-state index in [4.69, 9.17) is 10.6 Å². The molecule has 1 saturated heterocycles. The van der Waals surface area contributed by atoms with Crippen molar-refractivity contribution in [3.05, 3.63) is 35.4 Å². The van der Waals surface area contributed by atoms with Crippen LogP contribution in [0.3, 0.4) is 0 Å². The third-order valence-corrected chi connectivity index (χ3v) is 5.44. The van der Waals surface area contributed by atoms with Gasteiger partial charge in [-0.05, 0) is 49.1 Å². The molecule has 2 fully saturated rings. The molecule has 1 aromatic rings. The highest BCUT2D eigenvalue weighted by Crippen LogP contribution is 2.45. The van der Waals surface area contributed by atoms with Crippen LogP contribution in [0.5, 0.6) is 0 Å². The number of rotatable bonds is 4. The number of nitrogens with one attached hydrogen (secondary N) is 1. The molecule has 116 valence electrons. The monoisotopic (exact) mass is 288 g/mol. The number of hydrazine groups is 1. The van der Waals surface area contributed by atoms with Gasteiger partial charge in [0.1, 0.15) is 0 Å². The molecule has 1 aliphatic heterocycles. The third kappa shape index (κ3) is 3.15.